The third kappa shape index (κ3) is 3.03. The molecule has 3 aromatic rings. The van der Waals surface area contributed by atoms with Crippen molar-refractivity contribution in [1.82, 2.24) is 9.88 Å². The fourth-order valence-electron chi connectivity index (χ4n) is 3.58. The molecule has 4 nitrogen and oxygen atoms in total. The smallest absolute Gasteiger partial charge is 0.346 e. The van der Waals surface area contributed by atoms with E-state index >= 15 is 0 Å². The molecule has 4 rings (SSSR count). The van der Waals surface area contributed by atoms with Gasteiger partial charge in [0.25, 0.3) is 0 Å². The number of fused-ring (bicyclic) bond motifs is 1. The second kappa shape index (κ2) is 6.54. The topological polar surface area (TPSA) is 53.4 Å². The Labute approximate surface area is 148 Å². The fourth-order valence-corrected chi connectivity index (χ4v) is 4.65. The van der Waals surface area contributed by atoms with Crippen LogP contribution in [0.25, 0.3) is 10.1 Å². The molecule has 0 spiro atoms. The van der Waals surface area contributed by atoms with Gasteiger partial charge in [0.2, 0.25) is 0 Å². The summed E-state index contributed by atoms with van der Waals surface area (Å²) in [6.07, 6.45) is 4.64. The Bertz CT molecular complexity index is 926. The Hall–Kier alpha value is -2.31. The molecule has 1 saturated heterocycles. The minimum atomic E-state index is -0.987. The first-order valence-electron chi connectivity index (χ1n) is 8.19. The van der Waals surface area contributed by atoms with Gasteiger partial charge < -0.3 is 5.11 Å². The lowest BCUT2D eigenvalue weighted by molar-refractivity contribution is 0.0700. The normalized spacial score (nSPS) is 18.0. The van der Waals surface area contributed by atoms with E-state index < -0.39 is 5.97 Å². The molecule has 3 heterocycles. The van der Waals surface area contributed by atoms with Crippen LogP contribution in [-0.2, 0) is 6.54 Å². The van der Waals surface area contributed by atoms with Crippen molar-refractivity contribution in [2.45, 2.75) is 18.9 Å². The number of nitrogens with zero attached hydrogens (tertiary/aromatic N) is 2. The second-order valence-electron chi connectivity index (χ2n) is 6.33. The zero-order chi connectivity index (χ0) is 17.4. The van der Waals surface area contributed by atoms with Crippen molar-refractivity contribution in [3.63, 3.8) is 0 Å². The number of benzene rings is 1. The molecular formula is C19H17FN2O2S. The standard InChI is InChI=1S/C19H17FN2O2S/c20-15-4-1-5-16-17(15)14(18(25-16)19(23)24)11-22-8-6-13(10-22)12-3-2-7-21-9-12/h1-5,7,9,13H,6,8,10-11H2,(H,23,24). The first-order chi connectivity index (χ1) is 12.1. The summed E-state index contributed by atoms with van der Waals surface area (Å²) in [5.74, 6) is -0.949. The molecule has 0 bridgehead atoms. The number of carbonyl (C=O) groups is 1. The molecule has 0 saturated carbocycles. The molecule has 0 aliphatic carbocycles. The lowest BCUT2D eigenvalue weighted by Gasteiger charge is -2.16. The van der Waals surface area contributed by atoms with Crippen LogP contribution in [0.1, 0.15) is 33.1 Å². The van der Waals surface area contributed by atoms with Gasteiger partial charge in [-0.3, -0.25) is 9.88 Å². The molecule has 0 radical (unpaired) electrons. The van der Waals surface area contributed by atoms with Crippen LogP contribution in [0.2, 0.25) is 0 Å². The monoisotopic (exact) mass is 356 g/mol. The summed E-state index contributed by atoms with van der Waals surface area (Å²) >= 11 is 1.15. The molecule has 1 aromatic carbocycles. The third-order valence-electron chi connectivity index (χ3n) is 4.77. The van der Waals surface area contributed by atoms with E-state index in [4.69, 9.17) is 0 Å². The first-order valence-corrected chi connectivity index (χ1v) is 9.00. The van der Waals surface area contributed by atoms with Gasteiger partial charge in [-0.15, -0.1) is 11.3 Å². The van der Waals surface area contributed by atoms with Gasteiger partial charge in [-0.2, -0.15) is 0 Å². The van der Waals surface area contributed by atoms with E-state index in [0.29, 0.717) is 28.1 Å². The maximum Gasteiger partial charge on any atom is 0.346 e. The maximum atomic E-state index is 14.3. The SMILES string of the molecule is O=C(O)c1sc2cccc(F)c2c1CN1CCC(c2cccnc2)C1. The van der Waals surface area contributed by atoms with Gasteiger partial charge >= 0.3 is 5.97 Å². The van der Waals surface area contributed by atoms with Crippen molar-refractivity contribution in [2.24, 2.45) is 0 Å². The highest BCUT2D eigenvalue weighted by Gasteiger charge is 2.27. The molecule has 2 aromatic heterocycles. The highest BCUT2D eigenvalue weighted by molar-refractivity contribution is 7.21. The van der Waals surface area contributed by atoms with Crippen LogP contribution in [-0.4, -0.2) is 34.0 Å². The van der Waals surface area contributed by atoms with Gasteiger partial charge in [0, 0.05) is 41.1 Å². The molecule has 128 valence electrons. The number of hydrogen-bond donors (Lipinski definition) is 1. The number of pyridine rings is 1. The number of aromatic nitrogens is 1. The van der Waals surface area contributed by atoms with Crippen LogP contribution in [0.15, 0.2) is 42.7 Å². The Morgan fingerprint density at radius 3 is 3.00 bits per heavy atom. The largest absolute Gasteiger partial charge is 0.477 e. The summed E-state index contributed by atoms with van der Waals surface area (Å²) in [4.78, 5) is 18.2. The van der Waals surface area contributed by atoms with Crippen LogP contribution in [0.5, 0.6) is 0 Å². The lowest BCUT2D eigenvalue weighted by atomic mass is 10.0. The van der Waals surface area contributed by atoms with Crippen molar-refractivity contribution >= 4 is 27.4 Å². The zero-order valence-electron chi connectivity index (χ0n) is 13.5. The van der Waals surface area contributed by atoms with E-state index in [1.54, 1.807) is 18.3 Å². The average Bonchev–Trinajstić information content (AvgIpc) is 3.22. The van der Waals surface area contributed by atoms with Gasteiger partial charge in [0.15, 0.2) is 0 Å². The van der Waals surface area contributed by atoms with E-state index in [2.05, 4.69) is 16.0 Å². The Morgan fingerprint density at radius 1 is 1.36 bits per heavy atom. The molecule has 1 N–H and O–H groups in total. The molecule has 1 atom stereocenters. The second-order valence-corrected chi connectivity index (χ2v) is 7.39. The third-order valence-corrected chi connectivity index (χ3v) is 5.95. The Kier molecular flexibility index (Phi) is 4.23. The molecule has 1 aliphatic rings. The molecular weight excluding hydrogens is 339 g/mol. The number of likely N-dealkylation sites (tertiary alicyclic amines) is 1. The Balaban J connectivity index is 1.63. The predicted octanol–water partition coefficient (Wildman–Crippen LogP) is 4.12. The summed E-state index contributed by atoms with van der Waals surface area (Å²) < 4.78 is 15.0. The van der Waals surface area contributed by atoms with E-state index in [-0.39, 0.29) is 10.7 Å². The van der Waals surface area contributed by atoms with Crippen LogP contribution in [0.3, 0.4) is 0 Å². The highest BCUT2D eigenvalue weighted by atomic mass is 32.1. The van der Waals surface area contributed by atoms with Crippen molar-refractivity contribution < 1.29 is 14.3 Å². The van der Waals surface area contributed by atoms with Gasteiger partial charge in [0.1, 0.15) is 10.7 Å². The van der Waals surface area contributed by atoms with Gasteiger partial charge in [-0.1, -0.05) is 12.1 Å². The summed E-state index contributed by atoms with van der Waals surface area (Å²) in [6.45, 7) is 2.15. The molecule has 25 heavy (non-hydrogen) atoms. The summed E-state index contributed by atoms with van der Waals surface area (Å²) in [7, 11) is 0. The number of carboxylic acid groups (broad SMARTS) is 1. The number of halogens is 1. The summed E-state index contributed by atoms with van der Waals surface area (Å²) in [5, 5.41) is 9.98. The zero-order valence-corrected chi connectivity index (χ0v) is 14.3. The van der Waals surface area contributed by atoms with E-state index in [9.17, 15) is 14.3 Å². The number of hydrogen-bond acceptors (Lipinski definition) is 4. The van der Waals surface area contributed by atoms with Crippen molar-refractivity contribution in [3.05, 3.63) is 64.5 Å². The molecule has 1 fully saturated rings. The molecule has 1 aliphatic heterocycles. The minimum Gasteiger partial charge on any atom is -0.477 e. The van der Waals surface area contributed by atoms with Gasteiger partial charge in [-0.05, 0) is 42.6 Å². The minimum absolute atomic E-state index is 0.241. The predicted molar refractivity (Wildman–Crippen MR) is 95.6 cm³/mol. The van der Waals surface area contributed by atoms with Gasteiger partial charge in [-0.25, -0.2) is 9.18 Å². The lowest BCUT2D eigenvalue weighted by Crippen LogP contribution is -2.21. The summed E-state index contributed by atoms with van der Waals surface area (Å²) in [5.41, 5.74) is 1.79. The van der Waals surface area contributed by atoms with Crippen molar-refractivity contribution in [2.75, 3.05) is 13.1 Å². The quantitative estimate of drug-likeness (QED) is 0.764. The van der Waals surface area contributed by atoms with Crippen LogP contribution in [0.4, 0.5) is 4.39 Å². The molecule has 1 unspecified atom stereocenters. The van der Waals surface area contributed by atoms with E-state index in [1.165, 1.54) is 11.6 Å². The average molecular weight is 356 g/mol. The van der Waals surface area contributed by atoms with Crippen LogP contribution >= 0.6 is 11.3 Å². The number of carboxylic acids is 1. The molecule has 0 amide bonds. The van der Waals surface area contributed by atoms with Crippen LogP contribution < -0.4 is 0 Å². The number of rotatable bonds is 4. The van der Waals surface area contributed by atoms with Crippen molar-refractivity contribution in [1.29, 1.82) is 0 Å². The van der Waals surface area contributed by atoms with E-state index in [0.717, 1.165) is 30.8 Å². The first kappa shape index (κ1) is 16.2. The number of aromatic carboxylic acids is 1. The van der Waals surface area contributed by atoms with Gasteiger partial charge in [0.05, 0.1) is 0 Å². The number of thiophene rings is 1. The van der Waals surface area contributed by atoms with Crippen LogP contribution in [0, 0.1) is 5.82 Å². The van der Waals surface area contributed by atoms with Crippen molar-refractivity contribution in [3.8, 4) is 0 Å². The highest BCUT2D eigenvalue weighted by Crippen LogP contribution is 2.36. The fraction of sp³-hybridized carbons (Fsp3) is 0.263. The molecule has 6 heteroatoms. The summed E-state index contributed by atoms with van der Waals surface area (Å²) in [6, 6.07) is 8.80. The van der Waals surface area contributed by atoms with E-state index in [1.807, 2.05) is 12.3 Å². The Morgan fingerprint density at radius 2 is 2.24 bits per heavy atom. The maximum absolute atomic E-state index is 14.3.